The van der Waals surface area contributed by atoms with Crippen LogP contribution in [-0.4, -0.2) is 24.4 Å². The Balaban J connectivity index is 0.000000468. The maximum Gasteiger partial charge on any atom is 0.416 e. The van der Waals surface area contributed by atoms with E-state index in [2.05, 4.69) is 0 Å². The number of carbonyl (C=O) groups excluding carboxylic acids is 1. The molecule has 6 aromatic carbocycles. The molecule has 410 valence electrons. The first-order chi connectivity index (χ1) is 34.2. The Hall–Kier alpha value is -6.48. The first-order valence-corrected chi connectivity index (χ1v) is 23.2. The second-order valence-electron chi connectivity index (χ2n) is 17.2. The summed E-state index contributed by atoms with van der Waals surface area (Å²) >= 11 is 0. The van der Waals surface area contributed by atoms with E-state index in [4.69, 9.17) is 0 Å². The summed E-state index contributed by atoms with van der Waals surface area (Å²) in [6.07, 6.45) is -51.4. The van der Waals surface area contributed by atoms with Gasteiger partial charge in [-0.1, -0.05) is 103 Å². The summed E-state index contributed by atoms with van der Waals surface area (Å²) in [6, 6.07) is 7.76. The van der Waals surface area contributed by atoms with Crippen molar-refractivity contribution < 1.29 is 114 Å². The molecule has 0 aliphatic heterocycles. The van der Waals surface area contributed by atoms with E-state index >= 15 is 0 Å². The molecule has 76 heavy (non-hydrogen) atoms. The Morgan fingerprint density at radius 1 is 0.355 bits per heavy atom. The van der Waals surface area contributed by atoms with Crippen molar-refractivity contribution in [2.45, 2.75) is 55.2 Å². The SMILES string of the molecule is C[S+](C)(=O)Cc1ccccc1C(=O)c1ccccc1.FC(F)(F)c1cc([B-](c2cc(C(F)(F)F)cc(C(F)(F)F)c2)(c2cc(C(F)(F)F)cc(C(F)(F)F)c2)c2cc(C(F)(F)F)cc(C(F)(F)F)c2)cc(C(F)(F)F)c1. The number of hydrogen-bond acceptors (Lipinski definition) is 2. The van der Waals surface area contributed by atoms with Gasteiger partial charge in [0.2, 0.25) is 0 Å². The fourth-order valence-electron chi connectivity index (χ4n) is 8.06. The van der Waals surface area contributed by atoms with E-state index in [9.17, 15) is 114 Å². The first-order valence-electron chi connectivity index (χ1n) is 20.7. The molecular weight excluding hydrogens is 1110 g/mol. The molecule has 0 saturated heterocycles. The zero-order valence-corrected chi connectivity index (χ0v) is 38.5. The topological polar surface area (TPSA) is 34.1 Å². The van der Waals surface area contributed by atoms with E-state index in [1.807, 2.05) is 36.4 Å². The van der Waals surface area contributed by atoms with Gasteiger partial charge in [-0.2, -0.15) is 127 Å². The normalized spacial score (nSPS) is 13.6. The highest BCUT2D eigenvalue weighted by Gasteiger charge is 2.47. The van der Waals surface area contributed by atoms with Crippen molar-refractivity contribution >= 4 is 43.7 Å². The van der Waals surface area contributed by atoms with Gasteiger partial charge in [-0.15, -0.1) is 4.21 Å². The van der Waals surface area contributed by atoms with Crippen LogP contribution in [0.25, 0.3) is 0 Å². The van der Waals surface area contributed by atoms with Crippen LogP contribution in [0.2, 0.25) is 0 Å². The summed E-state index contributed by atoms with van der Waals surface area (Å²) in [5, 5.41) is 0. The smallest absolute Gasteiger partial charge is 0.289 e. The second-order valence-corrected chi connectivity index (χ2v) is 20.3. The fraction of sp³-hybridized carbons (Fsp3) is 0.229. The monoisotopic (exact) mass is 1140 g/mol. The quantitative estimate of drug-likeness (QED) is 0.0659. The molecule has 0 heterocycles. The molecule has 28 heteroatoms. The van der Waals surface area contributed by atoms with Crippen LogP contribution >= 0.6 is 0 Å². The average molecular weight is 1140 g/mol. The summed E-state index contributed by atoms with van der Waals surface area (Å²) < 4.78 is 353. The van der Waals surface area contributed by atoms with Crippen LogP contribution in [0.1, 0.15) is 66.0 Å². The standard InChI is InChI=1S/C32H12BF24.C16H17O2S/c34-25(35,36)13-1-14(26(37,38)39)6-21(5-13)33(22-7-15(27(40,41)42)2-16(8-22)28(43,44)45,23-9-17(29(46,47)48)3-18(10-23)30(49,50)51)24-11-19(31(52,53)54)4-20(12-24)32(55,56)57;1-19(2,18)12-14-10-6-7-11-15(14)16(17)13-8-4-3-5-9-13/h1-12H;3-11H,12H2,1-2H3/q-1;+1. The predicted molar refractivity (Wildman–Crippen MR) is 230 cm³/mol. The number of carbonyl (C=O) groups is 1. The minimum atomic E-state index is -6.13. The first kappa shape index (κ1) is 60.4. The Bertz CT molecular complexity index is 2700. The van der Waals surface area contributed by atoms with Gasteiger partial charge in [0.05, 0.1) is 54.4 Å². The number of benzene rings is 6. The highest BCUT2D eigenvalue weighted by molar-refractivity contribution is 8.00. The third-order valence-electron chi connectivity index (χ3n) is 11.2. The van der Waals surface area contributed by atoms with Crippen molar-refractivity contribution in [2.75, 3.05) is 12.5 Å². The lowest BCUT2D eigenvalue weighted by Crippen LogP contribution is -2.75. The van der Waals surface area contributed by atoms with Gasteiger partial charge in [0.15, 0.2) is 5.78 Å². The molecule has 2 nitrogen and oxygen atoms in total. The summed E-state index contributed by atoms with van der Waals surface area (Å²) in [6.45, 7) is 0. The Morgan fingerprint density at radius 3 is 0.803 bits per heavy atom. The molecule has 0 aromatic heterocycles. The molecule has 0 aliphatic carbocycles. The molecule has 0 fully saturated rings. The highest BCUT2D eigenvalue weighted by Crippen LogP contribution is 2.41. The molecule has 0 atom stereocenters. The van der Waals surface area contributed by atoms with Crippen molar-refractivity contribution in [3.05, 3.63) is 189 Å². The van der Waals surface area contributed by atoms with Crippen LogP contribution in [-0.2, 0) is 69.3 Å². The maximum absolute atomic E-state index is 14.2. The summed E-state index contributed by atoms with van der Waals surface area (Å²) in [7, 11) is -1.92. The molecule has 6 aromatic rings. The second kappa shape index (κ2) is 20.5. The molecule has 0 radical (unpaired) electrons. The van der Waals surface area contributed by atoms with Crippen molar-refractivity contribution in [3.63, 3.8) is 0 Å². The fourth-order valence-corrected chi connectivity index (χ4v) is 9.06. The van der Waals surface area contributed by atoms with Crippen LogP contribution < -0.4 is 21.9 Å². The van der Waals surface area contributed by atoms with Gasteiger partial charge in [0.25, 0.3) is 0 Å². The van der Waals surface area contributed by atoms with Gasteiger partial charge in [0.1, 0.15) is 24.4 Å². The van der Waals surface area contributed by atoms with Gasteiger partial charge >= 0.3 is 49.4 Å². The zero-order chi connectivity index (χ0) is 57.8. The summed E-state index contributed by atoms with van der Waals surface area (Å²) in [4.78, 5) is 12.5. The maximum atomic E-state index is 14.2. The summed E-state index contributed by atoms with van der Waals surface area (Å²) in [5.74, 6) is 0.418. The minimum Gasteiger partial charge on any atom is -0.289 e. The van der Waals surface area contributed by atoms with Gasteiger partial charge in [-0.3, -0.25) is 4.79 Å². The third-order valence-corrected chi connectivity index (χ3v) is 12.2. The number of ketones is 1. The predicted octanol–water partition coefficient (Wildman–Crippen LogP) is 14.4. The van der Waals surface area contributed by atoms with Crippen LogP contribution in [0.3, 0.4) is 0 Å². The van der Waals surface area contributed by atoms with Crippen LogP contribution in [0.4, 0.5) is 105 Å². The van der Waals surface area contributed by atoms with Gasteiger partial charge in [-0.25, -0.2) is 0 Å². The average Bonchev–Trinajstić information content (AvgIpc) is 3.26. The highest BCUT2D eigenvalue weighted by atomic mass is 32.2. The van der Waals surface area contributed by atoms with Crippen LogP contribution in [0.5, 0.6) is 0 Å². The van der Waals surface area contributed by atoms with Crippen molar-refractivity contribution in [3.8, 4) is 0 Å². The van der Waals surface area contributed by atoms with Crippen LogP contribution in [0, 0.1) is 0 Å². The van der Waals surface area contributed by atoms with Crippen molar-refractivity contribution in [1.82, 2.24) is 0 Å². The lowest BCUT2D eigenvalue weighted by atomic mass is 9.12. The largest absolute Gasteiger partial charge is 0.416 e. The molecule has 0 aliphatic rings. The molecule has 6 rings (SSSR count). The van der Waals surface area contributed by atoms with Crippen molar-refractivity contribution in [1.29, 1.82) is 0 Å². The number of alkyl halides is 24. The van der Waals surface area contributed by atoms with Crippen LogP contribution in [0.15, 0.2) is 127 Å². The van der Waals surface area contributed by atoms with E-state index in [1.54, 1.807) is 30.7 Å². The zero-order valence-electron chi connectivity index (χ0n) is 37.7. The lowest BCUT2D eigenvalue weighted by molar-refractivity contribution is -0.144. The molecule has 0 N–H and O–H groups in total. The molecule has 0 unspecified atom stereocenters. The molecule has 0 amide bonds. The molecule has 0 saturated carbocycles. The van der Waals surface area contributed by atoms with E-state index in [0.29, 0.717) is 16.9 Å². The molecular formula is C48H29BF24O2S. The number of rotatable bonds is 8. The summed E-state index contributed by atoms with van der Waals surface area (Å²) in [5.41, 5.74) is -28.0. The van der Waals surface area contributed by atoms with Gasteiger partial charge < -0.3 is 0 Å². The molecule has 0 spiro atoms. The third kappa shape index (κ3) is 14.1. The Labute approximate surface area is 413 Å². The Kier molecular flexibility index (Phi) is 16.3. The Morgan fingerprint density at radius 2 is 0.579 bits per heavy atom. The van der Waals surface area contributed by atoms with Gasteiger partial charge in [-0.05, 0) is 24.3 Å². The minimum absolute atomic E-state index is 0.0140. The molecule has 0 bridgehead atoms. The van der Waals surface area contributed by atoms with E-state index < -0.39 is 205 Å². The van der Waals surface area contributed by atoms with Gasteiger partial charge in [0, 0.05) is 16.7 Å². The van der Waals surface area contributed by atoms with E-state index in [0.717, 1.165) is 5.56 Å². The lowest BCUT2D eigenvalue weighted by Gasteiger charge is -2.46. The van der Waals surface area contributed by atoms with Crippen molar-refractivity contribution in [2.24, 2.45) is 0 Å². The number of halogens is 24. The van der Waals surface area contributed by atoms with E-state index in [-0.39, 0.29) is 5.78 Å². The number of hydrogen-bond donors (Lipinski definition) is 0. The van der Waals surface area contributed by atoms with E-state index in [1.165, 1.54) is 0 Å².